The van der Waals surface area contributed by atoms with Crippen molar-refractivity contribution in [3.63, 3.8) is 0 Å². The molecule has 2 aromatic rings. The highest BCUT2D eigenvalue weighted by Crippen LogP contribution is 2.34. The first-order valence-corrected chi connectivity index (χ1v) is 7.40. The number of nitrogens with two attached hydrogens (primary N) is 1. The molecule has 5 nitrogen and oxygen atoms in total. The van der Waals surface area contributed by atoms with Gasteiger partial charge in [-0.3, -0.25) is 0 Å². The van der Waals surface area contributed by atoms with Crippen LogP contribution in [0.25, 0.3) is 11.2 Å². The van der Waals surface area contributed by atoms with Crippen molar-refractivity contribution in [3.8, 4) is 0 Å². The zero-order valence-corrected chi connectivity index (χ0v) is 12.0. The number of ether oxygens (including phenoxy) is 1. The van der Waals surface area contributed by atoms with Gasteiger partial charge in [0.15, 0.2) is 5.65 Å². The first-order chi connectivity index (χ1) is 9.80. The van der Waals surface area contributed by atoms with Crippen LogP contribution in [0.2, 0.25) is 0 Å². The molecule has 1 fully saturated rings. The molecule has 0 spiro atoms. The fourth-order valence-electron chi connectivity index (χ4n) is 3.08. The lowest BCUT2D eigenvalue weighted by Crippen LogP contribution is -2.42. The molecule has 3 rings (SSSR count). The molecule has 2 aromatic heterocycles. The van der Waals surface area contributed by atoms with Gasteiger partial charge in [0, 0.05) is 37.9 Å². The van der Waals surface area contributed by atoms with Gasteiger partial charge in [0.2, 0.25) is 0 Å². The molecule has 1 saturated heterocycles. The minimum atomic E-state index is -0.0614. The fourth-order valence-corrected chi connectivity index (χ4v) is 3.08. The highest BCUT2D eigenvalue weighted by Gasteiger charge is 2.38. The summed E-state index contributed by atoms with van der Waals surface area (Å²) in [5.41, 5.74) is 8.01. The van der Waals surface area contributed by atoms with E-state index in [0.29, 0.717) is 6.54 Å². The average Bonchev–Trinajstić information content (AvgIpc) is 2.88. The smallest absolute Gasteiger partial charge is 0.159 e. The molecular weight excluding hydrogens is 252 g/mol. The predicted octanol–water partition coefficient (Wildman–Crippen LogP) is 1.85. The number of fused-ring (bicyclic) bond motifs is 1. The monoisotopic (exact) mass is 274 g/mol. The molecule has 0 aliphatic carbocycles. The van der Waals surface area contributed by atoms with Crippen molar-refractivity contribution < 1.29 is 4.74 Å². The van der Waals surface area contributed by atoms with Crippen LogP contribution >= 0.6 is 0 Å². The fraction of sp³-hybridized carbons (Fsp3) is 0.600. The van der Waals surface area contributed by atoms with Crippen LogP contribution in [0.3, 0.4) is 0 Å². The molecule has 0 radical (unpaired) electrons. The number of hydrogen-bond donors (Lipinski definition) is 1. The number of pyridine rings is 1. The van der Waals surface area contributed by atoms with E-state index in [0.717, 1.165) is 56.0 Å². The summed E-state index contributed by atoms with van der Waals surface area (Å²) in [5.74, 6) is 1.10. The van der Waals surface area contributed by atoms with E-state index in [1.807, 2.05) is 18.3 Å². The van der Waals surface area contributed by atoms with E-state index in [9.17, 15) is 0 Å². The Morgan fingerprint density at radius 2 is 2.20 bits per heavy atom. The molecule has 0 unspecified atom stereocenters. The minimum Gasteiger partial charge on any atom is -0.381 e. The van der Waals surface area contributed by atoms with Crippen molar-refractivity contribution in [2.45, 2.75) is 38.1 Å². The van der Waals surface area contributed by atoms with E-state index < -0.39 is 0 Å². The van der Waals surface area contributed by atoms with Crippen molar-refractivity contribution in [1.29, 1.82) is 0 Å². The third kappa shape index (κ3) is 2.11. The van der Waals surface area contributed by atoms with Crippen LogP contribution in [-0.2, 0) is 16.7 Å². The number of aromatic nitrogens is 3. The van der Waals surface area contributed by atoms with Gasteiger partial charge < -0.3 is 15.0 Å². The summed E-state index contributed by atoms with van der Waals surface area (Å²) in [5, 5.41) is 0. The maximum Gasteiger partial charge on any atom is 0.159 e. The third-order valence-electron chi connectivity index (χ3n) is 4.27. The maximum absolute atomic E-state index is 6.13. The van der Waals surface area contributed by atoms with E-state index in [4.69, 9.17) is 15.5 Å². The summed E-state index contributed by atoms with van der Waals surface area (Å²) < 4.78 is 7.77. The first-order valence-electron chi connectivity index (χ1n) is 7.40. The molecule has 0 atom stereocenters. The highest BCUT2D eigenvalue weighted by molar-refractivity contribution is 5.71. The van der Waals surface area contributed by atoms with Crippen molar-refractivity contribution in [2.75, 3.05) is 19.8 Å². The third-order valence-corrected chi connectivity index (χ3v) is 4.27. The van der Waals surface area contributed by atoms with Gasteiger partial charge in [-0.05, 0) is 31.4 Å². The van der Waals surface area contributed by atoms with Gasteiger partial charge in [-0.1, -0.05) is 6.92 Å². The van der Waals surface area contributed by atoms with Gasteiger partial charge >= 0.3 is 0 Å². The van der Waals surface area contributed by atoms with Gasteiger partial charge in [-0.25, -0.2) is 9.97 Å². The normalized spacial score (nSPS) is 18.5. The Morgan fingerprint density at radius 3 is 2.90 bits per heavy atom. The van der Waals surface area contributed by atoms with Crippen LogP contribution < -0.4 is 5.73 Å². The van der Waals surface area contributed by atoms with Gasteiger partial charge in [-0.2, -0.15) is 0 Å². The van der Waals surface area contributed by atoms with Crippen LogP contribution in [-0.4, -0.2) is 34.3 Å². The molecular formula is C15H22N4O. The largest absolute Gasteiger partial charge is 0.381 e. The Kier molecular flexibility index (Phi) is 3.72. The zero-order valence-electron chi connectivity index (χ0n) is 12.0. The van der Waals surface area contributed by atoms with Crippen molar-refractivity contribution in [3.05, 3.63) is 24.2 Å². The number of aryl methyl sites for hydroxylation is 1. The molecule has 3 heterocycles. The number of hydrogen-bond acceptors (Lipinski definition) is 4. The molecule has 0 saturated carbocycles. The van der Waals surface area contributed by atoms with E-state index in [1.54, 1.807) is 0 Å². The molecule has 20 heavy (non-hydrogen) atoms. The summed E-state index contributed by atoms with van der Waals surface area (Å²) in [6, 6.07) is 3.97. The quantitative estimate of drug-likeness (QED) is 0.924. The van der Waals surface area contributed by atoms with Crippen LogP contribution in [0.5, 0.6) is 0 Å². The molecule has 108 valence electrons. The Morgan fingerprint density at radius 1 is 1.40 bits per heavy atom. The Labute approximate surface area is 119 Å². The molecule has 1 aliphatic rings. The van der Waals surface area contributed by atoms with Crippen LogP contribution in [0.15, 0.2) is 18.3 Å². The second-order valence-electron chi connectivity index (χ2n) is 5.53. The second-order valence-corrected chi connectivity index (χ2v) is 5.53. The molecule has 1 aliphatic heterocycles. The lowest BCUT2D eigenvalue weighted by atomic mass is 9.79. The van der Waals surface area contributed by atoms with E-state index >= 15 is 0 Å². The number of rotatable bonds is 4. The van der Waals surface area contributed by atoms with Crippen LogP contribution in [0.1, 0.15) is 32.0 Å². The van der Waals surface area contributed by atoms with Crippen molar-refractivity contribution in [2.24, 2.45) is 5.73 Å². The standard InChI is InChI=1S/C15H22N4O/c1-2-8-19-13-12(4-3-7-17-13)18-14(19)15(11-16)5-9-20-10-6-15/h3-4,7H,2,5-6,8-11,16H2,1H3. The summed E-state index contributed by atoms with van der Waals surface area (Å²) in [4.78, 5) is 9.37. The first kappa shape index (κ1) is 13.5. The van der Waals surface area contributed by atoms with E-state index in [-0.39, 0.29) is 5.41 Å². The van der Waals surface area contributed by atoms with Gasteiger partial charge in [0.1, 0.15) is 11.3 Å². The Hall–Kier alpha value is -1.46. The van der Waals surface area contributed by atoms with Crippen LogP contribution in [0, 0.1) is 0 Å². The predicted molar refractivity (Wildman–Crippen MR) is 78.6 cm³/mol. The number of nitrogens with zero attached hydrogens (tertiary/aromatic N) is 3. The SMILES string of the molecule is CCCn1c(C2(CN)CCOCC2)nc2cccnc21. The van der Waals surface area contributed by atoms with Crippen molar-refractivity contribution in [1.82, 2.24) is 14.5 Å². The zero-order chi connectivity index (χ0) is 14.0. The lowest BCUT2D eigenvalue weighted by Gasteiger charge is -2.35. The lowest BCUT2D eigenvalue weighted by molar-refractivity contribution is 0.0488. The molecule has 0 bridgehead atoms. The Balaban J connectivity index is 2.15. The van der Waals surface area contributed by atoms with E-state index in [1.165, 1.54) is 0 Å². The van der Waals surface area contributed by atoms with Gasteiger partial charge in [0.05, 0.1) is 0 Å². The summed E-state index contributed by atoms with van der Waals surface area (Å²) >= 11 is 0. The van der Waals surface area contributed by atoms with Gasteiger partial charge in [0.25, 0.3) is 0 Å². The second kappa shape index (κ2) is 5.50. The summed E-state index contributed by atoms with van der Waals surface area (Å²) in [6.07, 6.45) is 4.78. The number of imidazole rings is 1. The topological polar surface area (TPSA) is 66.0 Å². The molecule has 0 aromatic carbocycles. The molecule has 2 N–H and O–H groups in total. The minimum absolute atomic E-state index is 0.0614. The Bertz CT molecular complexity index is 587. The van der Waals surface area contributed by atoms with Crippen molar-refractivity contribution >= 4 is 11.2 Å². The molecule has 5 heteroatoms. The maximum atomic E-state index is 6.13. The van der Waals surface area contributed by atoms with E-state index in [2.05, 4.69) is 16.5 Å². The van der Waals surface area contributed by atoms with Gasteiger partial charge in [-0.15, -0.1) is 0 Å². The summed E-state index contributed by atoms with van der Waals surface area (Å²) in [7, 11) is 0. The highest BCUT2D eigenvalue weighted by atomic mass is 16.5. The average molecular weight is 274 g/mol. The van der Waals surface area contributed by atoms with Crippen LogP contribution in [0.4, 0.5) is 0 Å². The molecule has 0 amide bonds. The summed E-state index contributed by atoms with van der Waals surface area (Å²) in [6.45, 7) is 5.26.